The Morgan fingerprint density at radius 3 is 2.35 bits per heavy atom. The maximum absolute atomic E-state index is 12.1. The van der Waals surface area contributed by atoms with Gasteiger partial charge in [0, 0.05) is 16.3 Å². The minimum Gasteiger partial charge on any atom is -0.505 e. The van der Waals surface area contributed by atoms with Crippen molar-refractivity contribution in [1.82, 2.24) is 0 Å². The van der Waals surface area contributed by atoms with Crippen molar-refractivity contribution < 1.29 is 9.90 Å². The molecule has 2 aromatic rings. The average molecular weight is 331 g/mol. The fourth-order valence-corrected chi connectivity index (χ4v) is 2.21. The Labute approximate surface area is 131 Å². The van der Waals surface area contributed by atoms with Crippen LogP contribution in [0.2, 0.25) is 15.1 Å². The van der Waals surface area contributed by atoms with Gasteiger partial charge in [0.05, 0.1) is 10.0 Å². The molecule has 0 aromatic heterocycles. The van der Waals surface area contributed by atoms with Crippen LogP contribution in [0.25, 0.3) is 0 Å². The molecule has 3 nitrogen and oxygen atoms in total. The zero-order valence-electron chi connectivity index (χ0n) is 10.4. The van der Waals surface area contributed by atoms with Crippen LogP contribution < -0.4 is 5.32 Å². The van der Waals surface area contributed by atoms with Gasteiger partial charge < -0.3 is 10.4 Å². The van der Waals surface area contributed by atoms with E-state index in [-0.39, 0.29) is 21.7 Å². The van der Waals surface area contributed by atoms with Crippen molar-refractivity contribution in [3.8, 4) is 5.75 Å². The van der Waals surface area contributed by atoms with E-state index in [2.05, 4.69) is 5.32 Å². The number of carbonyl (C=O) groups excluding carboxylic acids is 1. The maximum Gasteiger partial charge on any atom is 0.255 e. The van der Waals surface area contributed by atoms with Crippen molar-refractivity contribution in [1.29, 1.82) is 0 Å². The van der Waals surface area contributed by atoms with E-state index in [9.17, 15) is 9.90 Å². The highest BCUT2D eigenvalue weighted by atomic mass is 35.5. The summed E-state index contributed by atoms with van der Waals surface area (Å²) in [4.78, 5) is 12.1. The summed E-state index contributed by atoms with van der Waals surface area (Å²) in [7, 11) is 0. The number of nitrogens with one attached hydrogen (secondary N) is 1. The zero-order valence-corrected chi connectivity index (χ0v) is 12.6. The Kier molecular flexibility index (Phi) is 4.43. The van der Waals surface area contributed by atoms with E-state index in [0.29, 0.717) is 21.8 Å². The first kappa shape index (κ1) is 15.0. The summed E-state index contributed by atoms with van der Waals surface area (Å²) >= 11 is 17.5. The maximum atomic E-state index is 12.1. The predicted octanol–water partition coefficient (Wildman–Crippen LogP) is 4.91. The van der Waals surface area contributed by atoms with Gasteiger partial charge in [-0.25, -0.2) is 0 Å². The van der Waals surface area contributed by atoms with Gasteiger partial charge in [0.15, 0.2) is 5.75 Å². The summed E-state index contributed by atoms with van der Waals surface area (Å²) in [5, 5.41) is 13.0. The van der Waals surface area contributed by atoms with Gasteiger partial charge in [-0.1, -0.05) is 34.8 Å². The van der Waals surface area contributed by atoms with Crippen LogP contribution >= 0.6 is 34.8 Å². The van der Waals surface area contributed by atoms with Gasteiger partial charge in [-0.3, -0.25) is 4.79 Å². The molecule has 0 saturated carbocycles. The van der Waals surface area contributed by atoms with Gasteiger partial charge in [-0.15, -0.1) is 0 Å². The summed E-state index contributed by atoms with van der Waals surface area (Å²) in [6, 6.07) is 7.92. The molecule has 0 aliphatic rings. The van der Waals surface area contributed by atoms with Gasteiger partial charge in [0.25, 0.3) is 5.91 Å². The van der Waals surface area contributed by atoms with Gasteiger partial charge in [0.2, 0.25) is 0 Å². The number of rotatable bonds is 2. The first-order chi connectivity index (χ1) is 9.40. The number of amides is 1. The van der Waals surface area contributed by atoms with Crippen LogP contribution in [0.5, 0.6) is 5.75 Å². The molecule has 20 heavy (non-hydrogen) atoms. The fourth-order valence-electron chi connectivity index (χ4n) is 1.63. The van der Waals surface area contributed by atoms with Gasteiger partial charge in [-0.05, 0) is 42.8 Å². The smallest absolute Gasteiger partial charge is 0.255 e. The third-order valence-electron chi connectivity index (χ3n) is 2.79. The highest BCUT2D eigenvalue weighted by Gasteiger charge is 2.14. The Balaban J connectivity index is 2.31. The number of phenols is 1. The topological polar surface area (TPSA) is 49.3 Å². The zero-order chi connectivity index (χ0) is 14.9. The molecular formula is C14H10Cl3NO2. The third-order valence-corrected chi connectivity index (χ3v) is 3.80. The molecule has 0 bridgehead atoms. The third kappa shape index (κ3) is 3.01. The van der Waals surface area contributed by atoms with E-state index >= 15 is 0 Å². The van der Waals surface area contributed by atoms with Crippen LogP contribution in [0.4, 0.5) is 5.69 Å². The number of phenolic OH excluding ortho intramolecular Hbond substituents is 1. The fraction of sp³-hybridized carbons (Fsp3) is 0.0714. The number of benzene rings is 2. The van der Waals surface area contributed by atoms with Crippen LogP contribution in [0.15, 0.2) is 30.3 Å². The number of anilines is 1. The molecule has 0 fully saturated rings. The van der Waals surface area contributed by atoms with Gasteiger partial charge in [0.1, 0.15) is 0 Å². The molecule has 0 unspecified atom stereocenters. The van der Waals surface area contributed by atoms with Crippen molar-refractivity contribution in [2.45, 2.75) is 6.92 Å². The molecule has 104 valence electrons. The van der Waals surface area contributed by atoms with Crippen molar-refractivity contribution in [2.75, 3.05) is 5.32 Å². The van der Waals surface area contributed by atoms with Gasteiger partial charge in [-0.2, -0.15) is 0 Å². The standard InChI is InChI=1S/C14H10Cl3NO2/c1-7-11(6-10(16)13(19)12(7)17)18-14(20)8-2-4-9(15)5-3-8/h2-6,19H,1H3,(H,18,20). The van der Waals surface area contributed by atoms with Crippen molar-refractivity contribution in [2.24, 2.45) is 0 Å². The van der Waals surface area contributed by atoms with E-state index in [1.807, 2.05) is 0 Å². The lowest BCUT2D eigenvalue weighted by atomic mass is 10.1. The Morgan fingerprint density at radius 2 is 1.75 bits per heavy atom. The highest BCUT2D eigenvalue weighted by molar-refractivity contribution is 6.38. The summed E-state index contributed by atoms with van der Waals surface area (Å²) < 4.78 is 0. The van der Waals surface area contributed by atoms with Crippen molar-refractivity contribution in [3.63, 3.8) is 0 Å². The lowest BCUT2D eigenvalue weighted by molar-refractivity contribution is 0.102. The Morgan fingerprint density at radius 1 is 1.15 bits per heavy atom. The number of hydrogen-bond acceptors (Lipinski definition) is 2. The first-order valence-electron chi connectivity index (χ1n) is 5.64. The van der Waals surface area contributed by atoms with E-state index in [1.54, 1.807) is 31.2 Å². The summed E-state index contributed by atoms with van der Waals surface area (Å²) in [6.07, 6.45) is 0. The second kappa shape index (κ2) is 5.92. The Bertz CT molecular complexity index is 669. The highest BCUT2D eigenvalue weighted by Crippen LogP contribution is 2.38. The lowest BCUT2D eigenvalue weighted by Gasteiger charge is -2.12. The molecule has 0 saturated heterocycles. The molecule has 0 heterocycles. The van der Waals surface area contributed by atoms with E-state index < -0.39 is 0 Å². The summed E-state index contributed by atoms with van der Waals surface area (Å²) in [5.41, 5.74) is 1.43. The molecule has 2 aromatic carbocycles. The second-order valence-electron chi connectivity index (χ2n) is 4.15. The monoisotopic (exact) mass is 329 g/mol. The van der Waals surface area contributed by atoms with Crippen LogP contribution in [-0.4, -0.2) is 11.0 Å². The average Bonchev–Trinajstić information content (AvgIpc) is 2.43. The molecule has 0 aliphatic carbocycles. The molecular weight excluding hydrogens is 321 g/mol. The number of aromatic hydroxyl groups is 1. The second-order valence-corrected chi connectivity index (χ2v) is 5.38. The summed E-state index contributed by atoms with van der Waals surface area (Å²) in [6.45, 7) is 1.68. The van der Waals surface area contributed by atoms with Crippen LogP contribution in [-0.2, 0) is 0 Å². The summed E-state index contributed by atoms with van der Waals surface area (Å²) in [5.74, 6) is -0.516. The molecule has 0 radical (unpaired) electrons. The normalized spacial score (nSPS) is 10.4. The SMILES string of the molecule is Cc1c(NC(=O)c2ccc(Cl)cc2)cc(Cl)c(O)c1Cl. The molecule has 1 amide bonds. The largest absolute Gasteiger partial charge is 0.505 e. The van der Waals surface area contributed by atoms with E-state index in [4.69, 9.17) is 34.8 Å². The lowest BCUT2D eigenvalue weighted by Crippen LogP contribution is -2.12. The number of carbonyl (C=O) groups is 1. The molecule has 6 heteroatoms. The predicted molar refractivity (Wildman–Crippen MR) is 82.3 cm³/mol. The van der Waals surface area contributed by atoms with Crippen LogP contribution in [0.3, 0.4) is 0 Å². The minimum absolute atomic E-state index is 0.0759. The molecule has 0 aliphatic heterocycles. The molecule has 0 spiro atoms. The quantitative estimate of drug-likeness (QED) is 0.768. The molecule has 0 atom stereocenters. The molecule has 2 rings (SSSR count). The van der Waals surface area contributed by atoms with Crippen molar-refractivity contribution in [3.05, 3.63) is 56.5 Å². The van der Waals surface area contributed by atoms with Crippen LogP contribution in [0, 0.1) is 6.92 Å². The number of halogens is 3. The number of hydrogen-bond donors (Lipinski definition) is 2. The Hall–Kier alpha value is -1.42. The molecule has 2 N–H and O–H groups in total. The van der Waals surface area contributed by atoms with Crippen molar-refractivity contribution >= 4 is 46.4 Å². The van der Waals surface area contributed by atoms with E-state index in [1.165, 1.54) is 6.07 Å². The van der Waals surface area contributed by atoms with E-state index in [0.717, 1.165) is 0 Å². The minimum atomic E-state index is -0.317. The first-order valence-corrected chi connectivity index (χ1v) is 6.78. The van der Waals surface area contributed by atoms with Gasteiger partial charge >= 0.3 is 0 Å². The van der Waals surface area contributed by atoms with Crippen LogP contribution in [0.1, 0.15) is 15.9 Å².